The summed E-state index contributed by atoms with van der Waals surface area (Å²) >= 11 is -0.0954. The molecule has 1 aromatic heterocycles. The third-order valence-electron chi connectivity index (χ3n) is 7.97. The van der Waals surface area contributed by atoms with E-state index in [0.29, 0.717) is 33.2 Å². The Balaban J connectivity index is 2.64. The van der Waals surface area contributed by atoms with Gasteiger partial charge in [0, 0.05) is 0 Å². The molecular weight excluding hydrogens is 499 g/mol. The summed E-state index contributed by atoms with van der Waals surface area (Å²) in [6.45, 7) is 28.3. The van der Waals surface area contributed by atoms with Crippen molar-refractivity contribution >= 4 is 42.1 Å². The number of hydrogen-bond donors (Lipinski definition) is 0. The Hall–Kier alpha value is -1.11. The summed E-state index contributed by atoms with van der Waals surface area (Å²) in [5.74, 6) is 7.23. The maximum atomic E-state index is 4.80. The van der Waals surface area contributed by atoms with Gasteiger partial charge in [-0.3, -0.25) is 0 Å². The summed E-state index contributed by atoms with van der Waals surface area (Å²) in [4.78, 5) is 0. The van der Waals surface area contributed by atoms with Gasteiger partial charge in [-0.05, 0) is 0 Å². The second-order valence-corrected chi connectivity index (χ2v) is 23.7. The normalized spacial score (nSPS) is 12.8. The Morgan fingerprint density at radius 1 is 0.545 bits per heavy atom. The molecule has 2 nitrogen and oxygen atoms in total. The van der Waals surface area contributed by atoms with Gasteiger partial charge in [0.2, 0.25) is 0 Å². The Morgan fingerprint density at radius 2 is 0.818 bits per heavy atom. The second kappa shape index (κ2) is 11.1. The van der Waals surface area contributed by atoms with Gasteiger partial charge in [-0.15, -0.1) is 0 Å². The van der Waals surface area contributed by atoms with Crippen LogP contribution in [-0.2, 0) is 0 Å². The van der Waals surface area contributed by atoms with E-state index in [4.69, 9.17) is 7.96 Å². The van der Waals surface area contributed by atoms with Gasteiger partial charge in [0.15, 0.2) is 0 Å². The fourth-order valence-corrected chi connectivity index (χ4v) is 17.9. The average Bonchev–Trinajstić information content (AvgIpc) is 3.18. The van der Waals surface area contributed by atoms with Crippen LogP contribution in [-0.4, -0.2) is 39.1 Å². The molecule has 0 amide bonds. The molecule has 0 saturated carbocycles. The van der Waals surface area contributed by atoms with E-state index in [2.05, 4.69) is 118 Å². The van der Waals surface area contributed by atoms with Crippen molar-refractivity contribution in [2.45, 2.75) is 116 Å². The fourth-order valence-electron chi connectivity index (χ4n) is 6.29. The van der Waals surface area contributed by atoms with E-state index in [1.54, 1.807) is 0 Å². The van der Waals surface area contributed by atoms with Gasteiger partial charge in [-0.25, -0.2) is 0 Å². The van der Waals surface area contributed by atoms with Crippen LogP contribution in [0.1, 0.15) is 94.2 Å². The van der Waals surface area contributed by atoms with Crippen molar-refractivity contribution < 1.29 is 0 Å². The zero-order valence-corrected chi connectivity index (χ0v) is 26.6. The first-order valence-electron chi connectivity index (χ1n) is 12.6. The monoisotopic (exact) mass is 544 g/mol. The molecule has 0 aliphatic carbocycles. The summed E-state index contributed by atoms with van der Waals surface area (Å²) < 4.78 is 9.59. The molecule has 0 unspecified atom stereocenters. The summed E-state index contributed by atoms with van der Waals surface area (Å²) in [7, 11) is -3.57. The second-order valence-electron chi connectivity index (χ2n) is 11.4. The van der Waals surface area contributed by atoms with Crippen molar-refractivity contribution in [3.8, 4) is 22.9 Å². The first-order valence-corrected chi connectivity index (χ1v) is 18.6. The SMILES string of the molecule is CC(C)[Si](C#Cc1ccc(C#C[Si](C(C)C)(C(C)C)C(C)C)c2n[se]nc12)(C(C)C)C(C)C. The van der Waals surface area contributed by atoms with Crippen molar-refractivity contribution in [2.75, 3.05) is 0 Å². The van der Waals surface area contributed by atoms with Crippen LogP contribution < -0.4 is 0 Å². The van der Waals surface area contributed by atoms with E-state index >= 15 is 0 Å². The number of aromatic nitrogens is 2. The summed E-state index contributed by atoms with van der Waals surface area (Å²) in [5.41, 5.74) is 15.5. The predicted octanol–water partition coefficient (Wildman–Crippen LogP) is 7.83. The van der Waals surface area contributed by atoms with Crippen molar-refractivity contribution in [3.05, 3.63) is 23.3 Å². The molecule has 0 spiro atoms. The average molecular weight is 544 g/mol. The zero-order chi connectivity index (χ0) is 25.1. The molecule has 0 fully saturated rings. The first kappa shape index (κ1) is 28.1. The number of nitrogens with zero attached hydrogens (tertiary/aromatic N) is 2. The predicted molar refractivity (Wildman–Crippen MR) is 152 cm³/mol. The van der Waals surface area contributed by atoms with Crippen molar-refractivity contribution in [1.82, 2.24) is 7.96 Å². The molecule has 180 valence electrons. The molecule has 1 aromatic carbocycles. The van der Waals surface area contributed by atoms with Crippen LogP contribution >= 0.6 is 0 Å². The Labute approximate surface area is 212 Å². The van der Waals surface area contributed by atoms with Crippen LogP contribution in [0, 0.1) is 22.9 Å². The third-order valence-corrected chi connectivity index (χ3v) is 21.7. The molecular formula is C28H44N2SeSi2. The fraction of sp³-hybridized carbons (Fsp3) is 0.643. The molecule has 0 atom stereocenters. The number of rotatable bonds is 6. The number of hydrogen-bond acceptors (Lipinski definition) is 2. The molecule has 2 rings (SSSR count). The topological polar surface area (TPSA) is 25.8 Å². The van der Waals surface area contributed by atoms with E-state index in [0.717, 1.165) is 22.2 Å². The van der Waals surface area contributed by atoms with Crippen LogP contribution in [0.4, 0.5) is 0 Å². The van der Waals surface area contributed by atoms with Crippen LogP contribution in [0.15, 0.2) is 12.1 Å². The molecule has 33 heavy (non-hydrogen) atoms. The van der Waals surface area contributed by atoms with Gasteiger partial charge in [-0.1, -0.05) is 0 Å². The first-order chi connectivity index (χ1) is 15.3. The molecule has 5 heteroatoms. The van der Waals surface area contributed by atoms with Crippen LogP contribution in [0.25, 0.3) is 11.0 Å². The summed E-state index contributed by atoms with van der Waals surface area (Å²) in [6, 6.07) is 4.31. The van der Waals surface area contributed by atoms with E-state index in [1.165, 1.54) is 0 Å². The van der Waals surface area contributed by atoms with Crippen LogP contribution in [0.3, 0.4) is 0 Å². The molecule has 0 aliphatic heterocycles. The van der Waals surface area contributed by atoms with Gasteiger partial charge in [-0.2, -0.15) is 0 Å². The van der Waals surface area contributed by atoms with E-state index in [1.807, 2.05) is 0 Å². The Kier molecular flexibility index (Phi) is 9.45. The van der Waals surface area contributed by atoms with Gasteiger partial charge < -0.3 is 0 Å². The van der Waals surface area contributed by atoms with Crippen molar-refractivity contribution in [3.63, 3.8) is 0 Å². The van der Waals surface area contributed by atoms with Gasteiger partial charge in [0.05, 0.1) is 0 Å². The van der Waals surface area contributed by atoms with E-state index in [9.17, 15) is 0 Å². The zero-order valence-electron chi connectivity index (χ0n) is 22.9. The van der Waals surface area contributed by atoms with Crippen molar-refractivity contribution in [2.24, 2.45) is 0 Å². The Bertz CT molecular complexity index is 944. The number of benzene rings is 1. The van der Waals surface area contributed by atoms with Crippen LogP contribution in [0.2, 0.25) is 33.2 Å². The molecule has 0 N–H and O–H groups in total. The van der Waals surface area contributed by atoms with E-state index in [-0.39, 0.29) is 15.0 Å². The molecule has 0 aliphatic rings. The third kappa shape index (κ3) is 5.28. The molecule has 2 aromatic rings. The molecule has 0 bridgehead atoms. The van der Waals surface area contributed by atoms with Gasteiger partial charge >= 0.3 is 213 Å². The summed E-state index contributed by atoms with van der Waals surface area (Å²) in [6.07, 6.45) is 0. The minimum atomic E-state index is -1.79. The maximum absolute atomic E-state index is 4.80. The van der Waals surface area contributed by atoms with Crippen LogP contribution in [0.5, 0.6) is 0 Å². The van der Waals surface area contributed by atoms with Gasteiger partial charge in [0.25, 0.3) is 0 Å². The Morgan fingerprint density at radius 3 is 1.06 bits per heavy atom. The quantitative estimate of drug-likeness (QED) is 0.274. The summed E-state index contributed by atoms with van der Waals surface area (Å²) in [5, 5.41) is 0. The molecule has 0 radical (unpaired) electrons. The number of fused-ring (bicyclic) bond motifs is 1. The minimum absolute atomic E-state index is 0.0954. The standard InChI is InChI=1S/C28H44N2SeSi2/c1-19(2)32(20(3)4,21(5)6)17-15-25-13-14-26(28-27(25)29-31-30-28)16-18-33(22(7)8,23(9)10)24(11)12/h13-14,19-24H,1-12H3. The van der Waals surface area contributed by atoms with Crippen molar-refractivity contribution in [1.29, 1.82) is 0 Å². The molecule has 1 heterocycles. The van der Waals surface area contributed by atoms with E-state index < -0.39 is 16.1 Å². The van der Waals surface area contributed by atoms with Gasteiger partial charge in [0.1, 0.15) is 0 Å². The molecule has 0 saturated heterocycles.